The molecule has 0 radical (unpaired) electrons. The Labute approximate surface area is 97.7 Å². The second-order valence-electron chi connectivity index (χ2n) is 4.24. The summed E-state index contributed by atoms with van der Waals surface area (Å²) < 4.78 is 12.9. The zero-order chi connectivity index (χ0) is 10.5. The highest BCUT2D eigenvalue weighted by Gasteiger charge is 2.49. The predicted octanol–water partition coefficient (Wildman–Crippen LogP) is 2.84. The average molecular weight is 269 g/mol. The zero-order valence-corrected chi connectivity index (χ0v) is 10.2. The predicted molar refractivity (Wildman–Crippen MR) is 60.6 cm³/mol. The Morgan fingerprint density at radius 1 is 1.33 bits per heavy atom. The van der Waals surface area contributed by atoms with Crippen molar-refractivity contribution in [1.29, 1.82) is 0 Å². The topological polar surface area (TPSA) is 18.5 Å². The minimum absolute atomic E-state index is 0.397. The van der Waals surface area contributed by atoms with E-state index >= 15 is 0 Å². The largest absolute Gasteiger partial charge is 0.343 e. The van der Waals surface area contributed by atoms with E-state index in [0.717, 1.165) is 6.42 Å². The SMILES string of the molecule is CC1Cc2c(Br)cccc2C12OCCO2. The molecule has 3 heteroatoms. The van der Waals surface area contributed by atoms with Crippen LogP contribution in [0.4, 0.5) is 0 Å². The Morgan fingerprint density at radius 2 is 2.07 bits per heavy atom. The summed E-state index contributed by atoms with van der Waals surface area (Å²) in [4.78, 5) is 0. The molecular formula is C12H13BrO2. The van der Waals surface area contributed by atoms with Gasteiger partial charge in [0.2, 0.25) is 0 Å². The van der Waals surface area contributed by atoms with Crippen LogP contribution in [-0.2, 0) is 21.7 Å². The first-order valence-corrected chi connectivity index (χ1v) is 6.09. The molecular weight excluding hydrogens is 256 g/mol. The minimum Gasteiger partial charge on any atom is -0.343 e. The van der Waals surface area contributed by atoms with Crippen molar-refractivity contribution in [2.75, 3.05) is 13.2 Å². The van der Waals surface area contributed by atoms with Gasteiger partial charge in [-0.1, -0.05) is 35.0 Å². The number of benzene rings is 1. The van der Waals surface area contributed by atoms with E-state index in [1.54, 1.807) is 0 Å². The van der Waals surface area contributed by atoms with Crippen molar-refractivity contribution in [1.82, 2.24) is 0 Å². The molecule has 1 saturated heterocycles. The molecule has 0 saturated carbocycles. The van der Waals surface area contributed by atoms with Crippen LogP contribution in [0, 0.1) is 5.92 Å². The van der Waals surface area contributed by atoms with Crippen molar-refractivity contribution in [2.45, 2.75) is 19.1 Å². The van der Waals surface area contributed by atoms with Gasteiger partial charge in [0.15, 0.2) is 5.79 Å². The smallest absolute Gasteiger partial charge is 0.198 e. The maximum Gasteiger partial charge on any atom is 0.198 e. The molecule has 15 heavy (non-hydrogen) atoms. The monoisotopic (exact) mass is 268 g/mol. The highest BCUT2D eigenvalue weighted by atomic mass is 79.9. The molecule has 2 nitrogen and oxygen atoms in total. The summed E-state index contributed by atoms with van der Waals surface area (Å²) in [6, 6.07) is 6.25. The molecule has 1 fully saturated rings. The van der Waals surface area contributed by atoms with Gasteiger partial charge in [0.25, 0.3) is 0 Å². The van der Waals surface area contributed by atoms with Gasteiger partial charge in [0.1, 0.15) is 0 Å². The van der Waals surface area contributed by atoms with Crippen LogP contribution in [0.3, 0.4) is 0 Å². The maximum atomic E-state index is 5.85. The number of rotatable bonds is 0. The summed E-state index contributed by atoms with van der Waals surface area (Å²) in [6.45, 7) is 3.60. The molecule has 0 N–H and O–H groups in total. The third-order valence-electron chi connectivity index (χ3n) is 3.37. The zero-order valence-electron chi connectivity index (χ0n) is 8.63. The van der Waals surface area contributed by atoms with Gasteiger partial charge in [-0.3, -0.25) is 0 Å². The lowest BCUT2D eigenvalue weighted by Crippen LogP contribution is -2.30. The van der Waals surface area contributed by atoms with Crippen LogP contribution in [-0.4, -0.2) is 13.2 Å². The molecule has 0 aromatic heterocycles. The molecule has 1 aliphatic carbocycles. The number of fused-ring (bicyclic) bond motifs is 2. The maximum absolute atomic E-state index is 5.85. The fourth-order valence-electron chi connectivity index (χ4n) is 2.67. The molecule has 3 rings (SSSR count). The van der Waals surface area contributed by atoms with Crippen LogP contribution in [0.2, 0.25) is 0 Å². The van der Waals surface area contributed by atoms with Gasteiger partial charge in [-0.2, -0.15) is 0 Å². The van der Waals surface area contributed by atoms with Gasteiger partial charge < -0.3 is 9.47 Å². The van der Waals surface area contributed by atoms with Gasteiger partial charge in [-0.25, -0.2) is 0 Å². The Balaban J connectivity index is 2.17. The van der Waals surface area contributed by atoms with Crippen LogP contribution in [0.1, 0.15) is 18.1 Å². The molecule has 0 amide bonds. The fraction of sp³-hybridized carbons (Fsp3) is 0.500. The van der Waals surface area contributed by atoms with Crippen LogP contribution in [0.15, 0.2) is 22.7 Å². The first-order chi connectivity index (χ1) is 7.24. The Hall–Kier alpha value is -0.380. The molecule has 1 spiro atoms. The summed E-state index contributed by atoms with van der Waals surface area (Å²) in [7, 11) is 0. The Bertz CT molecular complexity index is 397. The van der Waals surface area contributed by atoms with Gasteiger partial charge in [0.05, 0.1) is 13.2 Å². The lowest BCUT2D eigenvalue weighted by atomic mass is 10.0. The van der Waals surface area contributed by atoms with Crippen molar-refractivity contribution in [3.05, 3.63) is 33.8 Å². The van der Waals surface area contributed by atoms with E-state index in [0.29, 0.717) is 19.1 Å². The van der Waals surface area contributed by atoms with Crippen molar-refractivity contribution in [3.8, 4) is 0 Å². The molecule has 1 aliphatic heterocycles. The second kappa shape index (κ2) is 3.30. The lowest BCUT2D eigenvalue weighted by Gasteiger charge is -2.27. The number of halogens is 1. The highest BCUT2D eigenvalue weighted by Crippen LogP contribution is 2.48. The third-order valence-corrected chi connectivity index (χ3v) is 4.11. The minimum atomic E-state index is -0.459. The molecule has 1 unspecified atom stereocenters. The van der Waals surface area contributed by atoms with E-state index in [1.807, 2.05) is 6.07 Å². The quantitative estimate of drug-likeness (QED) is 0.721. The highest BCUT2D eigenvalue weighted by molar-refractivity contribution is 9.10. The lowest BCUT2D eigenvalue weighted by molar-refractivity contribution is -0.192. The van der Waals surface area contributed by atoms with Gasteiger partial charge in [-0.05, 0) is 18.1 Å². The molecule has 1 aromatic carbocycles. The van der Waals surface area contributed by atoms with Crippen molar-refractivity contribution in [2.24, 2.45) is 5.92 Å². The van der Waals surface area contributed by atoms with Crippen LogP contribution in [0.25, 0.3) is 0 Å². The Morgan fingerprint density at radius 3 is 2.80 bits per heavy atom. The summed E-state index contributed by atoms with van der Waals surface area (Å²) in [5, 5.41) is 0. The van der Waals surface area contributed by atoms with E-state index in [1.165, 1.54) is 15.6 Å². The van der Waals surface area contributed by atoms with Crippen molar-refractivity contribution >= 4 is 15.9 Å². The first kappa shape index (κ1) is 9.82. The van der Waals surface area contributed by atoms with Gasteiger partial charge >= 0.3 is 0 Å². The molecule has 1 heterocycles. The summed E-state index contributed by atoms with van der Waals surface area (Å²) in [5.74, 6) is -0.0623. The van der Waals surface area contributed by atoms with Crippen LogP contribution >= 0.6 is 15.9 Å². The summed E-state index contributed by atoms with van der Waals surface area (Å²) in [6.07, 6.45) is 1.02. The molecule has 2 aliphatic rings. The number of ether oxygens (including phenoxy) is 2. The molecule has 1 atom stereocenters. The van der Waals surface area contributed by atoms with Gasteiger partial charge in [-0.15, -0.1) is 0 Å². The van der Waals surface area contributed by atoms with Crippen LogP contribution < -0.4 is 0 Å². The van der Waals surface area contributed by atoms with Gasteiger partial charge in [0, 0.05) is 16.0 Å². The standard InChI is InChI=1S/C12H13BrO2/c1-8-7-9-10(3-2-4-11(9)13)12(8)14-5-6-15-12/h2-4,8H,5-7H2,1H3. The van der Waals surface area contributed by atoms with E-state index < -0.39 is 5.79 Å². The molecule has 80 valence electrons. The third kappa shape index (κ3) is 1.23. The van der Waals surface area contributed by atoms with E-state index in [9.17, 15) is 0 Å². The summed E-state index contributed by atoms with van der Waals surface area (Å²) in [5.41, 5.74) is 2.55. The molecule has 0 bridgehead atoms. The normalized spacial score (nSPS) is 27.2. The van der Waals surface area contributed by atoms with Crippen molar-refractivity contribution < 1.29 is 9.47 Å². The fourth-order valence-corrected chi connectivity index (χ4v) is 3.19. The Kier molecular flexibility index (Phi) is 2.16. The number of hydrogen-bond acceptors (Lipinski definition) is 2. The van der Waals surface area contributed by atoms with Crippen LogP contribution in [0.5, 0.6) is 0 Å². The van der Waals surface area contributed by atoms with E-state index in [2.05, 4.69) is 35.0 Å². The first-order valence-electron chi connectivity index (χ1n) is 5.30. The molecule has 1 aromatic rings. The summed E-state index contributed by atoms with van der Waals surface area (Å²) >= 11 is 3.59. The van der Waals surface area contributed by atoms with E-state index in [-0.39, 0.29) is 0 Å². The number of hydrogen-bond donors (Lipinski definition) is 0. The second-order valence-corrected chi connectivity index (χ2v) is 5.09. The van der Waals surface area contributed by atoms with Crippen molar-refractivity contribution in [3.63, 3.8) is 0 Å². The van der Waals surface area contributed by atoms with E-state index in [4.69, 9.17) is 9.47 Å². The average Bonchev–Trinajstić information content (AvgIpc) is 2.79.